The number of nitrogens with two attached hydrogens (primary N) is 1. The number of rotatable bonds is 9. The highest BCUT2D eigenvalue weighted by atomic mass is 16.7. The van der Waals surface area contributed by atoms with Crippen molar-refractivity contribution in [1.82, 2.24) is 0 Å². The van der Waals surface area contributed by atoms with Crippen LogP contribution in [0.1, 0.15) is 6.42 Å². The fourth-order valence-electron chi connectivity index (χ4n) is 1.40. The van der Waals surface area contributed by atoms with Crippen LogP contribution in [-0.4, -0.2) is 39.6 Å². The van der Waals surface area contributed by atoms with Crippen molar-refractivity contribution < 1.29 is 19.0 Å². The molecule has 6 nitrogen and oxygen atoms in total. The molecule has 0 spiro atoms. The van der Waals surface area contributed by atoms with Gasteiger partial charge in [-0.1, -0.05) is 0 Å². The second-order valence-electron chi connectivity index (χ2n) is 3.87. The normalized spacial score (nSPS) is 10.5. The lowest BCUT2D eigenvalue weighted by Gasteiger charge is -2.15. The molecular weight excluding hydrogens is 248 g/mol. The molecule has 0 aromatic heterocycles. The third-order valence-corrected chi connectivity index (χ3v) is 2.47. The summed E-state index contributed by atoms with van der Waals surface area (Å²) in [5.41, 5.74) is 5.95. The average Bonchev–Trinajstić information content (AvgIpc) is 2.41. The molecule has 1 amide bonds. The van der Waals surface area contributed by atoms with Crippen LogP contribution < -0.4 is 15.8 Å². The van der Waals surface area contributed by atoms with E-state index in [0.717, 1.165) is 5.69 Å². The minimum Gasteiger partial charge on any atom is -0.493 e. The van der Waals surface area contributed by atoms with Crippen molar-refractivity contribution in [1.29, 1.82) is 0 Å². The van der Waals surface area contributed by atoms with Crippen LogP contribution in [0, 0.1) is 0 Å². The van der Waals surface area contributed by atoms with Crippen LogP contribution in [0.15, 0.2) is 24.3 Å². The van der Waals surface area contributed by atoms with Gasteiger partial charge in [0.15, 0.2) is 6.29 Å². The number of carbonyl (C=O) groups is 1. The third kappa shape index (κ3) is 6.08. The summed E-state index contributed by atoms with van der Waals surface area (Å²) in [6.07, 6.45) is -0.0740. The van der Waals surface area contributed by atoms with Crippen LogP contribution in [0.5, 0.6) is 5.75 Å². The van der Waals surface area contributed by atoms with Gasteiger partial charge in [-0.05, 0) is 24.3 Å². The molecule has 0 aliphatic rings. The Balaban J connectivity index is 2.36. The van der Waals surface area contributed by atoms with E-state index in [9.17, 15) is 4.79 Å². The van der Waals surface area contributed by atoms with E-state index in [1.165, 1.54) is 0 Å². The molecule has 0 heterocycles. The number of benzene rings is 1. The lowest BCUT2D eigenvalue weighted by atomic mass is 10.3. The maximum Gasteiger partial charge on any atom is 0.220 e. The Hall–Kier alpha value is -1.79. The molecule has 1 aromatic rings. The van der Waals surface area contributed by atoms with Crippen molar-refractivity contribution >= 4 is 11.6 Å². The molecule has 0 radical (unpaired) electrons. The van der Waals surface area contributed by atoms with E-state index >= 15 is 0 Å². The van der Waals surface area contributed by atoms with E-state index in [4.69, 9.17) is 19.9 Å². The molecule has 3 N–H and O–H groups in total. The molecule has 0 saturated heterocycles. The van der Waals surface area contributed by atoms with Gasteiger partial charge in [-0.25, -0.2) is 0 Å². The van der Waals surface area contributed by atoms with Gasteiger partial charge >= 0.3 is 0 Å². The molecule has 1 rings (SSSR count). The maximum absolute atomic E-state index is 10.6. The predicted molar refractivity (Wildman–Crippen MR) is 72.0 cm³/mol. The third-order valence-electron chi connectivity index (χ3n) is 2.47. The van der Waals surface area contributed by atoms with Crippen LogP contribution in [0.3, 0.4) is 0 Å². The smallest absolute Gasteiger partial charge is 0.220 e. The van der Waals surface area contributed by atoms with Gasteiger partial charge in [0.2, 0.25) is 5.91 Å². The molecule has 0 unspecified atom stereocenters. The highest BCUT2D eigenvalue weighted by Crippen LogP contribution is 2.15. The summed E-state index contributed by atoms with van der Waals surface area (Å²) in [5, 5.41) is 3.17. The summed E-state index contributed by atoms with van der Waals surface area (Å²) >= 11 is 0. The van der Waals surface area contributed by atoms with Crippen molar-refractivity contribution in [3.05, 3.63) is 24.3 Å². The minimum absolute atomic E-state index is 0.212. The van der Waals surface area contributed by atoms with E-state index in [1.54, 1.807) is 14.2 Å². The SMILES string of the molecule is COC(CNc1ccc(OCCC(N)=O)cc1)OC. The Bertz CT molecular complexity index is 377. The second kappa shape index (κ2) is 8.34. The van der Waals surface area contributed by atoms with Gasteiger partial charge in [0, 0.05) is 19.9 Å². The number of methoxy groups -OCH3 is 2. The molecule has 6 heteroatoms. The van der Waals surface area contributed by atoms with Crippen LogP contribution in [0.25, 0.3) is 0 Å². The first-order valence-electron chi connectivity index (χ1n) is 5.96. The standard InChI is InChI=1S/C13H20N2O4/c1-17-13(18-2)9-15-10-3-5-11(6-4-10)19-8-7-12(14)16/h3-6,13,15H,7-9H2,1-2H3,(H2,14,16). The summed E-state index contributed by atoms with van der Waals surface area (Å²) in [6.45, 7) is 0.840. The first kappa shape index (κ1) is 15.3. The van der Waals surface area contributed by atoms with E-state index in [1.807, 2.05) is 24.3 Å². The van der Waals surface area contributed by atoms with Crippen molar-refractivity contribution in [2.75, 3.05) is 32.7 Å². The molecule has 0 bridgehead atoms. The largest absolute Gasteiger partial charge is 0.493 e. The van der Waals surface area contributed by atoms with Crippen LogP contribution >= 0.6 is 0 Å². The Morgan fingerprint density at radius 3 is 2.42 bits per heavy atom. The van der Waals surface area contributed by atoms with E-state index in [-0.39, 0.29) is 25.2 Å². The van der Waals surface area contributed by atoms with E-state index in [2.05, 4.69) is 5.32 Å². The fourth-order valence-corrected chi connectivity index (χ4v) is 1.40. The van der Waals surface area contributed by atoms with Gasteiger partial charge in [0.05, 0.1) is 19.6 Å². The second-order valence-corrected chi connectivity index (χ2v) is 3.87. The molecule has 0 aliphatic carbocycles. The van der Waals surface area contributed by atoms with Crippen LogP contribution in [0.4, 0.5) is 5.69 Å². The molecule has 106 valence electrons. The number of hydrogen-bond donors (Lipinski definition) is 2. The monoisotopic (exact) mass is 268 g/mol. The van der Waals surface area contributed by atoms with Crippen molar-refractivity contribution in [3.8, 4) is 5.75 Å². The van der Waals surface area contributed by atoms with Crippen LogP contribution in [0.2, 0.25) is 0 Å². The molecule has 0 fully saturated rings. The van der Waals surface area contributed by atoms with Crippen molar-refractivity contribution in [2.24, 2.45) is 5.73 Å². The fraction of sp³-hybridized carbons (Fsp3) is 0.462. The summed E-state index contributed by atoms with van der Waals surface area (Å²) in [4.78, 5) is 10.6. The average molecular weight is 268 g/mol. The zero-order valence-electron chi connectivity index (χ0n) is 11.2. The number of nitrogens with one attached hydrogen (secondary N) is 1. The number of hydrogen-bond acceptors (Lipinski definition) is 5. The zero-order chi connectivity index (χ0) is 14.1. The zero-order valence-corrected chi connectivity index (χ0v) is 11.2. The van der Waals surface area contributed by atoms with Gasteiger partial charge in [-0.15, -0.1) is 0 Å². The topological polar surface area (TPSA) is 82.8 Å². The molecule has 0 atom stereocenters. The highest BCUT2D eigenvalue weighted by molar-refractivity contribution is 5.73. The molecule has 0 saturated carbocycles. The number of primary amides is 1. The molecular formula is C13H20N2O4. The van der Waals surface area contributed by atoms with Crippen LogP contribution in [-0.2, 0) is 14.3 Å². The van der Waals surface area contributed by atoms with Gasteiger partial charge < -0.3 is 25.3 Å². The van der Waals surface area contributed by atoms with Gasteiger partial charge in [0.1, 0.15) is 5.75 Å². The molecule has 1 aromatic carbocycles. The van der Waals surface area contributed by atoms with E-state index < -0.39 is 0 Å². The lowest BCUT2D eigenvalue weighted by molar-refractivity contribution is -0.118. The summed E-state index contributed by atoms with van der Waals surface area (Å²) in [5.74, 6) is 0.324. The van der Waals surface area contributed by atoms with Crippen molar-refractivity contribution in [2.45, 2.75) is 12.7 Å². The first-order valence-corrected chi connectivity index (χ1v) is 5.96. The summed E-state index contributed by atoms with van der Waals surface area (Å²) in [6, 6.07) is 7.39. The van der Waals surface area contributed by atoms with Crippen molar-refractivity contribution in [3.63, 3.8) is 0 Å². The Kier molecular flexibility index (Phi) is 6.70. The van der Waals surface area contributed by atoms with E-state index in [0.29, 0.717) is 12.3 Å². The van der Waals surface area contributed by atoms with Gasteiger partial charge in [-0.2, -0.15) is 0 Å². The lowest BCUT2D eigenvalue weighted by Crippen LogP contribution is -2.23. The number of anilines is 1. The first-order chi connectivity index (χ1) is 9.15. The summed E-state index contributed by atoms with van der Waals surface area (Å²) < 4.78 is 15.5. The maximum atomic E-state index is 10.6. The number of ether oxygens (including phenoxy) is 3. The van der Waals surface area contributed by atoms with Gasteiger partial charge in [0.25, 0.3) is 0 Å². The number of amides is 1. The Labute approximate surface area is 112 Å². The quantitative estimate of drug-likeness (QED) is 0.652. The minimum atomic E-state index is -0.372. The Morgan fingerprint density at radius 1 is 1.26 bits per heavy atom. The molecule has 19 heavy (non-hydrogen) atoms. The number of carbonyl (C=O) groups excluding carboxylic acids is 1. The highest BCUT2D eigenvalue weighted by Gasteiger charge is 2.04. The Morgan fingerprint density at radius 2 is 1.89 bits per heavy atom. The molecule has 0 aliphatic heterocycles. The predicted octanol–water partition coefficient (Wildman–Crippen LogP) is 0.972. The van der Waals surface area contributed by atoms with Gasteiger partial charge in [-0.3, -0.25) is 4.79 Å². The summed E-state index contributed by atoms with van der Waals surface area (Å²) in [7, 11) is 3.18.